The molecule has 7 heteroatoms. The highest BCUT2D eigenvalue weighted by Crippen LogP contribution is 2.27. The van der Waals surface area contributed by atoms with Crippen LogP contribution in [0.3, 0.4) is 0 Å². The van der Waals surface area contributed by atoms with Gasteiger partial charge in [-0.2, -0.15) is 5.10 Å². The van der Waals surface area contributed by atoms with E-state index < -0.39 is 0 Å². The Bertz CT molecular complexity index is 699. The van der Waals surface area contributed by atoms with Crippen molar-refractivity contribution in [1.82, 2.24) is 24.4 Å². The molecule has 104 valence electrons. The Morgan fingerprint density at radius 3 is 3.05 bits per heavy atom. The normalized spacial score (nSPS) is 25.2. The van der Waals surface area contributed by atoms with Gasteiger partial charge in [0.25, 0.3) is 5.91 Å². The van der Waals surface area contributed by atoms with Crippen LogP contribution in [0.1, 0.15) is 16.8 Å². The summed E-state index contributed by atoms with van der Waals surface area (Å²) in [6, 6.07) is 0.117. The summed E-state index contributed by atoms with van der Waals surface area (Å²) in [7, 11) is 1.90. The van der Waals surface area contributed by atoms with Gasteiger partial charge in [0.1, 0.15) is 11.2 Å². The molecule has 0 aliphatic carbocycles. The molecular weight excluding hydrogens is 258 g/mol. The van der Waals surface area contributed by atoms with Gasteiger partial charge in [0.2, 0.25) is 5.91 Å². The van der Waals surface area contributed by atoms with Crippen molar-refractivity contribution in [3.8, 4) is 0 Å². The Balaban J connectivity index is 1.62. The van der Waals surface area contributed by atoms with Gasteiger partial charge in [-0.05, 0) is 0 Å². The van der Waals surface area contributed by atoms with E-state index in [2.05, 4.69) is 10.4 Å². The first-order valence-corrected chi connectivity index (χ1v) is 6.71. The molecule has 0 saturated carbocycles. The molecule has 0 aromatic carbocycles. The molecule has 2 atom stereocenters. The summed E-state index contributed by atoms with van der Waals surface area (Å²) in [5.41, 5.74) is 1.42. The molecule has 0 radical (unpaired) electrons. The Labute approximate surface area is 115 Å². The number of carbonyl (C=O) groups excluding carboxylic acids is 2. The van der Waals surface area contributed by atoms with Gasteiger partial charge in [-0.3, -0.25) is 9.59 Å². The van der Waals surface area contributed by atoms with Gasteiger partial charge in [-0.25, -0.2) is 4.52 Å². The second-order valence-corrected chi connectivity index (χ2v) is 5.58. The van der Waals surface area contributed by atoms with Gasteiger partial charge in [0.15, 0.2) is 0 Å². The van der Waals surface area contributed by atoms with Crippen molar-refractivity contribution >= 4 is 17.5 Å². The number of likely N-dealkylation sites (tertiary alicyclic amines) is 1. The predicted octanol–water partition coefficient (Wildman–Crippen LogP) is -0.367. The number of amides is 2. The first-order valence-electron chi connectivity index (χ1n) is 6.71. The molecule has 2 aromatic rings. The average Bonchev–Trinajstić information content (AvgIpc) is 3.10. The van der Waals surface area contributed by atoms with Gasteiger partial charge in [0.05, 0.1) is 12.2 Å². The molecule has 0 spiro atoms. The van der Waals surface area contributed by atoms with Crippen LogP contribution in [0.2, 0.25) is 0 Å². The molecule has 2 saturated heterocycles. The van der Waals surface area contributed by atoms with Gasteiger partial charge in [-0.1, -0.05) is 0 Å². The van der Waals surface area contributed by atoms with Crippen molar-refractivity contribution in [1.29, 1.82) is 0 Å². The van der Waals surface area contributed by atoms with Gasteiger partial charge in [-0.15, -0.1) is 0 Å². The number of carbonyl (C=O) groups is 2. The van der Waals surface area contributed by atoms with Crippen LogP contribution < -0.4 is 5.32 Å². The Kier molecular flexibility index (Phi) is 2.21. The third-order valence-electron chi connectivity index (χ3n) is 4.29. The van der Waals surface area contributed by atoms with E-state index in [-0.39, 0.29) is 23.8 Å². The first kappa shape index (κ1) is 11.5. The number of imidazole rings is 1. The zero-order valence-electron chi connectivity index (χ0n) is 11.1. The molecule has 4 rings (SSSR count). The number of hydrogen-bond acceptors (Lipinski definition) is 3. The number of nitrogens with one attached hydrogen (secondary N) is 1. The zero-order chi connectivity index (χ0) is 13.9. The standard InChI is InChI=1S/C13H15N5O2/c1-16-2-3-18-12(16)9(5-14-18)13(20)17-6-8-4-11(19)15-10(8)7-17/h2-3,5,8,10H,4,6-7H2,1H3,(H,15,19)/t8-,10+/m0/s1. The lowest BCUT2D eigenvalue weighted by molar-refractivity contribution is -0.119. The van der Waals surface area contributed by atoms with Gasteiger partial charge in [0, 0.05) is 44.9 Å². The minimum Gasteiger partial charge on any atom is -0.351 e. The van der Waals surface area contributed by atoms with Gasteiger partial charge < -0.3 is 14.8 Å². The van der Waals surface area contributed by atoms with Crippen LogP contribution in [0.4, 0.5) is 0 Å². The fourth-order valence-corrected chi connectivity index (χ4v) is 3.28. The molecule has 20 heavy (non-hydrogen) atoms. The lowest BCUT2D eigenvalue weighted by Gasteiger charge is -2.16. The van der Waals surface area contributed by atoms with E-state index in [0.29, 0.717) is 25.1 Å². The highest BCUT2D eigenvalue weighted by atomic mass is 16.2. The van der Waals surface area contributed by atoms with E-state index in [1.54, 1.807) is 10.7 Å². The Morgan fingerprint density at radius 2 is 2.25 bits per heavy atom. The fraction of sp³-hybridized carbons (Fsp3) is 0.462. The molecule has 1 N–H and O–H groups in total. The van der Waals surface area contributed by atoms with Crippen molar-refractivity contribution in [2.24, 2.45) is 13.0 Å². The van der Waals surface area contributed by atoms with E-state index in [9.17, 15) is 9.59 Å². The lowest BCUT2D eigenvalue weighted by atomic mass is 10.1. The largest absolute Gasteiger partial charge is 0.351 e. The maximum atomic E-state index is 12.6. The quantitative estimate of drug-likeness (QED) is 0.771. The second kappa shape index (κ2) is 3.84. The van der Waals surface area contributed by atoms with Crippen molar-refractivity contribution in [3.05, 3.63) is 24.2 Å². The van der Waals surface area contributed by atoms with Crippen LogP contribution in [0.15, 0.2) is 18.6 Å². The number of aromatic nitrogens is 3. The summed E-state index contributed by atoms with van der Waals surface area (Å²) in [6.45, 7) is 1.24. The summed E-state index contributed by atoms with van der Waals surface area (Å²) in [6.07, 6.45) is 5.84. The van der Waals surface area contributed by atoms with E-state index >= 15 is 0 Å². The first-order chi connectivity index (χ1) is 9.63. The molecular formula is C13H15N5O2. The fourth-order valence-electron chi connectivity index (χ4n) is 3.28. The summed E-state index contributed by atoms with van der Waals surface area (Å²) >= 11 is 0. The number of rotatable bonds is 1. The number of aryl methyl sites for hydroxylation is 1. The predicted molar refractivity (Wildman–Crippen MR) is 70.1 cm³/mol. The molecule has 7 nitrogen and oxygen atoms in total. The SMILES string of the molecule is Cn1ccn2ncc(C(=O)N3C[C@@H]4CC(=O)N[C@@H]4C3)c12. The second-order valence-electron chi connectivity index (χ2n) is 5.58. The van der Waals surface area contributed by atoms with Crippen molar-refractivity contribution in [3.63, 3.8) is 0 Å². The molecule has 2 fully saturated rings. The van der Waals surface area contributed by atoms with Crippen LogP contribution in [0.25, 0.3) is 5.65 Å². The molecule has 0 bridgehead atoms. The number of hydrogen-bond donors (Lipinski definition) is 1. The number of nitrogens with zero attached hydrogens (tertiary/aromatic N) is 4. The topological polar surface area (TPSA) is 71.6 Å². The van der Waals surface area contributed by atoms with E-state index in [1.165, 1.54) is 0 Å². The Hall–Kier alpha value is -2.31. The maximum absolute atomic E-state index is 12.6. The summed E-state index contributed by atoms with van der Waals surface area (Å²) in [5.74, 6) is 0.346. The molecule has 2 aromatic heterocycles. The van der Waals surface area contributed by atoms with Crippen LogP contribution in [-0.2, 0) is 11.8 Å². The van der Waals surface area contributed by atoms with Crippen molar-refractivity contribution < 1.29 is 9.59 Å². The van der Waals surface area contributed by atoms with Crippen molar-refractivity contribution in [2.45, 2.75) is 12.5 Å². The van der Waals surface area contributed by atoms with Crippen molar-refractivity contribution in [2.75, 3.05) is 13.1 Å². The van der Waals surface area contributed by atoms with Crippen LogP contribution in [0, 0.1) is 5.92 Å². The smallest absolute Gasteiger partial charge is 0.259 e. The molecule has 4 heterocycles. The monoisotopic (exact) mass is 273 g/mol. The average molecular weight is 273 g/mol. The maximum Gasteiger partial charge on any atom is 0.259 e. The highest BCUT2D eigenvalue weighted by molar-refractivity contribution is 6.00. The summed E-state index contributed by atoms with van der Waals surface area (Å²) in [5, 5.41) is 7.13. The number of fused-ring (bicyclic) bond motifs is 2. The highest BCUT2D eigenvalue weighted by Gasteiger charge is 2.42. The Morgan fingerprint density at radius 1 is 1.40 bits per heavy atom. The molecule has 2 aliphatic rings. The molecule has 0 unspecified atom stereocenters. The van der Waals surface area contributed by atoms with Crippen LogP contribution >= 0.6 is 0 Å². The minimum atomic E-state index is -0.00884. The van der Waals surface area contributed by atoms with E-state index in [1.807, 2.05) is 28.9 Å². The van der Waals surface area contributed by atoms with Crippen LogP contribution in [-0.4, -0.2) is 50.0 Å². The van der Waals surface area contributed by atoms with E-state index in [0.717, 1.165) is 5.65 Å². The summed E-state index contributed by atoms with van der Waals surface area (Å²) < 4.78 is 3.59. The summed E-state index contributed by atoms with van der Waals surface area (Å²) in [4.78, 5) is 25.8. The third-order valence-corrected chi connectivity index (χ3v) is 4.29. The third kappa shape index (κ3) is 1.49. The van der Waals surface area contributed by atoms with Gasteiger partial charge >= 0.3 is 0 Å². The van der Waals surface area contributed by atoms with Crippen LogP contribution in [0.5, 0.6) is 0 Å². The molecule has 2 amide bonds. The minimum absolute atomic E-state index is 0.00884. The van der Waals surface area contributed by atoms with E-state index in [4.69, 9.17) is 0 Å². The zero-order valence-corrected chi connectivity index (χ0v) is 11.1. The molecule has 2 aliphatic heterocycles. The lowest BCUT2D eigenvalue weighted by Crippen LogP contribution is -2.35.